The fraction of sp³-hybridized carbons (Fsp3) is 1.00. The molecular formula is C6H10ClFO2S. The molecule has 0 aromatic rings. The van der Waals surface area contributed by atoms with Crippen LogP contribution in [0.1, 0.15) is 25.7 Å². The van der Waals surface area contributed by atoms with Crippen LogP contribution in [0.15, 0.2) is 0 Å². The van der Waals surface area contributed by atoms with Crippen LogP contribution in [0.2, 0.25) is 0 Å². The molecule has 66 valence electrons. The summed E-state index contributed by atoms with van der Waals surface area (Å²) >= 11 is 0. The van der Waals surface area contributed by atoms with Crippen molar-refractivity contribution in [3.63, 3.8) is 0 Å². The molecule has 1 aliphatic rings. The molecule has 1 fully saturated rings. The highest BCUT2D eigenvalue weighted by Crippen LogP contribution is 2.28. The third-order valence-electron chi connectivity index (χ3n) is 1.98. The average Bonchev–Trinajstić information content (AvgIpc) is 1.86. The maximum atomic E-state index is 12.9. The second kappa shape index (κ2) is 3.27. The maximum Gasteiger partial charge on any atom is 0.238 e. The Morgan fingerprint density at radius 2 is 1.82 bits per heavy atom. The maximum absolute atomic E-state index is 12.9. The van der Waals surface area contributed by atoms with Gasteiger partial charge in [0.25, 0.3) is 0 Å². The summed E-state index contributed by atoms with van der Waals surface area (Å²) in [5.41, 5.74) is 0. The van der Waals surface area contributed by atoms with E-state index >= 15 is 0 Å². The van der Waals surface area contributed by atoms with Crippen LogP contribution >= 0.6 is 10.7 Å². The molecule has 0 heterocycles. The minimum absolute atomic E-state index is 0.330. The SMILES string of the molecule is O=S(=O)(Cl)[C@@H]1CCCC[C@H]1F. The number of alkyl halides is 1. The van der Waals surface area contributed by atoms with E-state index in [1.807, 2.05) is 0 Å². The topological polar surface area (TPSA) is 34.1 Å². The van der Waals surface area contributed by atoms with Gasteiger partial charge in [0, 0.05) is 10.7 Å². The Hall–Kier alpha value is 0.170. The molecule has 0 radical (unpaired) electrons. The van der Waals surface area contributed by atoms with Gasteiger partial charge in [0.15, 0.2) is 0 Å². The lowest BCUT2D eigenvalue weighted by Gasteiger charge is -2.22. The molecule has 0 N–H and O–H groups in total. The zero-order valence-corrected chi connectivity index (χ0v) is 7.54. The van der Waals surface area contributed by atoms with Gasteiger partial charge in [0.2, 0.25) is 9.05 Å². The number of hydrogen-bond donors (Lipinski definition) is 0. The summed E-state index contributed by atoms with van der Waals surface area (Å²) in [6.45, 7) is 0. The standard InChI is InChI=1S/C6H10ClFO2S/c7-11(9,10)6-4-2-1-3-5(6)8/h5-6H,1-4H2/t5-,6-/m1/s1. The minimum Gasteiger partial charge on any atom is -0.246 e. The van der Waals surface area contributed by atoms with Crippen LogP contribution in [-0.4, -0.2) is 19.8 Å². The molecule has 0 amide bonds. The highest BCUT2D eigenvalue weighted by molar-refractivity contribution is 8.14. The van der Waals surface area contributed by atoms with Crippen molar-refractivity contribution in [1.29, 1.82) is 0 Å². The Kier molecular flexibility index (Phi) is 2.75. The molecule has 11 heavy (non-hydrogen) atoms. The Morgan fingerprint density at radius 3 is 2.18 bits per heavy atom. The van der Waals surface area contributed by atoms with Crippen molar-refractivity contribution in [2.75, 3.05) is 0 Å². The molecule has 1 rings (SSSR count). The van der Waals surface area contributed by atoms with Gasteiger partial charge in [0.05, 0.1) is 0 Å². The van der Waals surface area contributed by atoms with Gasteiger partial charge in [-0.15, -0.1) is 0 Å². The first-order valence-electron chi connectivity index (χ1n) is 3.59. The molecule has 0 spiro atoms. The molecular weight excluding hydrogens is 191 g/mol. The second-order valence-corrected chi connectivity index (χ2v) is 5.66. The highest BCUT2D eigenvalue weighted by atomic mass is 35.7. The third-order valence-corrected chi connectivity index (χ3v) is 3.92. The summed E-state index contributed by atoms with van der Waals surface area (Å²) in [5.74, 6) is 0. The molecule has 0 aromatic heterocycles. The first-order chi connectivity index (χ1) is 5.02. The van der Waals surface area contributed by atoms with Crippen molar-refractivity contribution < 1.29 is 12.8 Å². The molecule has 1 saturated carbocycles. The lowest BCUT2D eigenvalue weighted by molar-refractivity contribution is 0.254. The van der Waals surface area contributed by atoms with Gasteiger partial charge >= 0.3 is 0 Å². The van der Waals surface area contributed by atoms with E-state index < -0.39 is 20.5 Å². The summed E-state index contributed by atoms with van der Waals surface area (Å²) < 4.78 is 34.3. The first kappa shape index (κ1) is 9.26. The van der Waals surface area contributed by atoms with E-state index in [1.54, 1.807) is 0 Å². The molecule has 0 saturated heterocycles. The lowest BCUT2D eigenvalue weighted by atomic mass is 9.98. The van der Waals surface area contributed by atoms with Crippen molar-refractivity contribution in [1.82, 2.24) is 0 Å². The van der Waals surface area contributed by atoms with Crippen LogP contribution in [0.5, 0.6) is 0 Å². The van der Waals surface area contributed by atoms with E-state index in [0.29, 0.717) is 12.8 Å². The molecule has 5 heteroatoms. The number of halogens is 2. The summed E-state index contributed by atoms with van der Waals surface area (Å²) in [5, 5.41) is -0.960. The Bertz CT molecular complexity index is 227. The van der Waals surface area contributed by atoms with Gasteiger partial charge in [-0.1, -0.05) is 12.8 Å². The lowest BCUT2D eigenvalue weighted by Crippen LogP contribution is -2.31. The van der Waals surface area contributed by atoms with Gasteiger partial charge in [-0.05, 0) is 12.8 Å². The second-order valence-electron chi connectivity index (χ2n) is 2.81. The molecule has 2 nitrogen and oxygen atoms in total. The normalized spacial score (nSPS) is 33.6. The van der Waals surface area contributed by atoms with Crippen LogP contribution in [-0.2, 0) is 9.05 Å². The minimum atomic E-state index is -3.68. The molecule has 1 aliphatic carbocycles. The predicted octanol–water partition coefficient (Wildman–Crippen LogP) is 1.84. The summed E-state index contributed by atoms with van der Waals surface area (Å²) in [4.78, 5) is 0. The smallest absolute Gasteiger partial charge is 0.238 e. The van der Waals surface area contributed by atoms with E-state index in [1.165, 1.54) is 0 Å². The van der Waals surface area contributed by atoms with Crippen LogP contribution < -0.4 is 0 Å². The molecule has 2 atom stereocenters. The van der Waals surface area contributed by atoms with Crippen molar-refractivity contribution in [2.45, 2.75) is 37.1 Å². The van der Waals surface area contributed by atoms with Crippen LogP contribution in [0, 0.1) is 0 Å². The summed E-state index contributed by atoms with van der Waals surface area (Å²) in [6.07, 6.45) is 0.969. The molecule has 0 aliphatic heterocycles. The van der Waals surface area contributed by atoms with Gasteiger partial charge < -0.3 is 0 Å². The third kappa shape index (κ3) is 2.30. The van der Waals surface area contributed by atoms with E-state index in [-0.39, 0.29) is 0 Å². The van der Waals surface area contributed by atoms with Crippen LogP contribution in [0.4, 0.5) is 4.39 Å². The van der Waals surface area contributed by atoms with E-state index in [2.05, 4.69) is 0 Å². The highest BCUT2D eigenvalue weighted by Gasteiger charge is 2.34. The molecule has 0 bridgehead atoms. The van der Waals surface area contributed by atoms with Gasteiger partial charge in [0.1, 0.15) is 11.4 Å². The van der Waals surface area contributed by atoms with E-state index in [9.17, 15) is 12.8 Å². The first-order valence-corrected chi connectivity index (χ1v) is 5.96. The Labute approximate surface area is 70.2 Å². The average molecular weight is 201 g/mol. The number of hydrogen-bond acceptors (Lipinski definition) is 2. The zero-order valence-electron chi connectivity index (χ0n) is 5.96. The molecule has 0 unspecified atom stereocenters. The fourth-order valence-corrected chi connectivity index (χ4v) is 2.91. The van der Waals surface area contributed by atoms with Gasteiger partial charge in [-0.3, -0.25) is 0 Å². The molecule has 0 aromatic carbocycles. The Balaban J connectivity index is 2.70. The summed E-state index contributed by atoms with van der Waals surface area (Å²) in [7, 11) is 1.36. The quantitative estimate of drug-likeness (QED) is 0.606. The summed E-state index contributed by atoms with van der Waals surface area (Å²) in [6, 6.07) is 0. The van der Waals surface area contributed by atoms with Crippen molar-refractivity contribution >= 4 is 19.7 Å². The predicted molar refractivity (Wildman–Crippen MR) is 41.9 cm³/mol. The zero-order chi connectivity index (χ0) is 8.48. The van der Waals surface area contributed by atoms with Crippen molar-refractivity contribution in [2.24, 2.45) is 0 Å². The van der Waals surface area contributed by atoms with E-state index in [4.69, 9.17) is 10.7 Å². The number of rotatable bonds is 1. The van der Waals surface area contributed by atoms with E-state index in [0.717, 1.165) is 12.8 Å². The van der Waals surface area contributed by atoms with Crippen LogP contribution in [0.25, 0.3) is 0 Å². The monoisotopic (exact) mass is 200 g/mol. The fourth-order valence-electron chi connectivity index (χ4n) is 1.37. The van der Waals surface area contributed by atoms with Gasteiger partial charge in [-0.2, -0.15) is 0 Å². The van der Waals surface area contributed by atoms with Crippen molar-refractivity contribution in [3.8, 4) is 0 Å². The van der Waals surface area contributed by atoms with Crippen LogP contribution in [0.3, 0.4) is 0 Å². The van der Waals surface area contributed by atoms with Gasteiger partial charge in [-0.25, -0.2) is 12.8 Å². The largest absolute Gasteiger partial charge is 0.246 e. The van der Waals surface area contributed by atoms with Crippen molar-refractivity contribution in [3.05, 3.63) is 0 Å². The Morgan fingerprint density at radius 1 is 1.27 bits per heavy atom.